The second-order valence-corrected chi connectivity index (χ2v) is 9.25. The first-order valence-electron chi connectivity index (χ1n) is 9.14. The van der Waals surface area contributed by atoms with Crippen LogP contribution in [0.5, 0.6) is 0 Å². The first-order valence-corrected chi connectivity index (χ1v) is 10.7. The molecule has 0 bridgehead atoms. The first kappa shape index (κ1) is 19.8. The number of hydrogen-bond donors (Lipinski definition) is 2. The average Bonchev–Trinajstić information content (AvgIpc) is 3.01. The van der Waals surface area contributed by atoms with E-state index in [0.29, 0.717) is 32.3 Å². The highest BCUT2D eigenvalue weighted by Gasteiger charge is 2.41. The summed E-state index contributed by atoms with van der Waals surface area (Å²) in [5.41, 5.74) is 12.2. The van der Waals surface area contributed by atoms with Crippen molar-refractivity contribution in [3.63, 3.8) is 0 Å². The molecule has 2 aliphatic heterocycles. The van der Waals surface area contributed by atoms with Gasteiger partial charge in [-0.2, -0.15) is 0 Å². The third-order valence-electron chi connectivity index (χ3n) is 5.40. The van der Waals surface area contributed by atoms with Crippen LogP contribution in [0.2, 0.25) is 10.2 Å². The highest BCUT2D eigenvalue weighted by molar-refractivity contribution is 7.99. The summed E-state index contributed by atoms with van der Waals surface area (Å²) in [6, 6.07) is 1.64. The van der Waals surface area contributed by atoms with Crippen LogP contribution in [0.4, 0.5) is 17.5 Å². The molecule has 4 heterocycles. The topological polar surface area (TPSA) is 103 Å². The maximum atomic E-state index is 6.21. The van der Waals surface area contributed by atoms with Gasteiger partial charge in [-0.05, 0) is 37.7 Å². The molecule has 1 atom stereocenters. The van der Waals surface area contributed by atoms with Crippen LogP contribution in [0, 0.1) is 5.41 Å². The average molecular weight is 441 g/mol. The lowest BCUT2D eigenvalue weighted by atomic mass is 9.77. The van der Waals surface area contributed by atoms with E-state index in [9.17, 15) is 0 Å². The number of ether oxygens (including phenoxy) is 1. The number of nitrogens with zero attached hydrogens (tertiary/aromatic N) is 4. The molecule has 0 saturated carbocycles. The van der Waals surface area contributed by atoms with Crippen LogP contribution in [0.25, 0.3) is 0 Å². The van der Waals surface area contributed by atoms with Gasteiger partial charge in [0.1, 0.15) is 16.7 Å². The molecule has 2 aromatic heterocycles. The van der Waals surface area contributed by atoms with Gasteiger partial charge in [0.05, 0.1) is 23.9 Å². The fraction of sp³-hybridized carbons (Fsp3) is 0.500. The minimum absolute atomic E-state index is 0.153. The monoisotopic (exact) mass is 440 g/mol. The molecule has 2 fully saturated rings. The lowest BCUT2D eigenvalue weighted by Gasteiger charge is -2.38. The number of anilines is 3. The molecule has 10 heteroatoms. The second kappa shape index (κ2) is 7.74. The molecule has 28 heavy (non-hydrogen) atoms. The molecule has 2 aliphatic rings. The molecule has 4 rings (SSSR count). The molecular weight excluding hydrogens is 419 g/mol. The number of nitrogens with two attached hydrogens (primary N) is 2. The van der Waals surface area contributed by atoms with E-state index in [2.05, 4.69) is 26.8 Å². The highest BCUT2D eigenvalue weighted by atomic mass is 35.5. The lowest BCUT2D eigenvalue weighted by molar-refractivity contribution is 0.0976. The van der Waals surface area contributed by atoms with Crippen LogP contribution < -0.4 is 16.4 Å². The Morgan fingerprint density at radius 2 is 2.00 bits per heavy atom. The molecule has 4 N–H and O–H groups in total. The molecule has 0 radical (unpaired) electrons. The Hall–Kier alpha value is -1.48. The molecule has 2 saturated heterocycles. The predicted octanol–water partition coefficient (Wildman–Crippen LogP) is 3.89. The van der Waals surface area contributed by atoms with Gasteiger partial charge in [0.15, 0.2) is 11.0 Å². The number of pyridine rings is 1. The van der Waals surface area contributed by atoms with Gasteiger partial charge in [-0.25, -0.2) is 15.0 Å². The summed E-state index contributed by atoms with van der Waals surface area (Å²) >= 11 is 13.5. The Bertz CT molecular complexity index is 891. The van der Waals surface area contributed by atoms with Crippen molar-refractivity contribution in [3.8, 4) is 0 Å². The molecule has 0 aliphatic carbocycles. The van der Waals surface area contributed by atoms with Crippen molar-refractivity contribution < 1.29 is 4.74 Å². The van der Waals surface area contributed by atoms with Crippen molar-refractivity contribution >= 4 is 52.4 Å². The predicted molar refractivity (Wildman–Crippen MR) is 113 cm³/mol. The molecule has 7 nitrogen and oxygen atoms in total. The molecule has 150 valence electrons. The summed E-state index contributed by atoms with van der Waals surface area (Å²) in [6.45, 7) is 4.88. The van der Waals surface area contributed by atoms with Gasteiger partial charge < -0.3 is 21.1 Å². The van der Waals surface area contributed by atoms with Crippen LogP contribution in [-0.4, -0.2) is 40.8 Å². The number of aromatic nitrogens is 3. The zero-order valence-electron chi connectivity index (χ0n) is 15.5. The fourth-order valence-electron chi connectivity index (χ4n) is 3.89. The Kier molecular flexibility index (Phi) is 5.48. The summed E-state index contributed by atoms with van der Waals surface area (Å²) < 4.78 is 5.80. The summed E-state index contributed by atoms with van der Waals surface area (Å²) in [5, 5.41) is 1.03. The van der Waals surface area contributed by atoms with Crippen molar-refractivity contribution in [3.05, 3.63) is 22.4 Å². The minimum Gasteiger partial charge on any atom is -0.384 e. The van der Waals surface area contributed by atoms with E-state index < -0.39 is 0 Å². The molecular formula is C18H22Cl2N6OS. The smallest absolute Gasteiger partial charge is 0.158 e. The maximum Gasteiger partial charge on any atom is 0.158 e. The van der Waals surface area contributed by atoms with Crippen LogP contribution >= 0.6 is 35.0 Å². The van der Waals surface area contributed by atoms with E-state index in [0.717, 1.165) is 44.8 Å². The molecule has 0 unspecified atom stereocenters. The van der Waals surface area contributed by atoms with Crippen molar-refractivity contribution in [2.24, 2.45) is 5.41 Å². The first-order chi connectivity index (χ1) is 13.3. The molecule has 1 spiro atoms. The van der Waals surface area contributed by atoms with Gasteiger partial charge in [-0.15, -0.1) is 0 Å². The van der Waals surface area contributed by atoms with Gasteiger partial charge in [0.2, 0.25) is 0 Å². The standard InChI is InChI=1S/C18H22Cl2N6OS/c1-10-7-18(9-27-10)2-4-26(5-3-18)13-8-23-17(16(22)25-13)28-11-6-12(21)24-15(20)14(11)19/h6,8,10H,2-5,7,9H2,1H3,(H2,21,24)(H2,22,25)/t10-/m0/s1. The quantitative estimate of drug-likeness (QED) is 0.692. The van der Waals surface area contributed by atoms with Gasteiger partial charge in [-0.3, -0.25) is 0 Å². The van der Waals surface area contributed by atoms with Crippen molar-refractivity contribution in [1.29, 1.82) is 0 Å². The van der Waals surface area contributed by atoms with Crippen LogP contribution in [0.3, 0.4) is 0 Å². The normalized spacial score (nSPS) is 21.4. The number of hydrogen-bond acceptors (Lipinski definition) is 8. The summed E-state index contributed by atoms with van der Waals surface area (Å²) in [7, 11) is 0. The van der Waals surface area contributed by atoms with E-state index in [1.165, 1.54) is 11.8 Å². The minimum atomic E-state index is 0.153. The maximum absolute atomic E-state index is 6.21. The fourth-order valence-corrected chi connectivity index (χ4v) is 5.19. The van der Waals surface area contributed by atoms with Gasteiger partial charge in [0.25, 0.3) is 0 Å². The summed E-state index contributed by atoms with van der Waals surface area (Å²) in [6.07, 6.45) is 5.45. The third kappa shape index (κ3) is 3.96. The van der Waals surface area contributed by atoms with Crippen LogP contribution in [-0.2, 0) is 4.74 Å². The Morgan fingerprint density at radius 1 is 1.25 bits per heavy atom. The van der Waals surface area contributed by atoms with Crippen LogP contribution in [0.1, 0.15) is 26.2 Å². The molecule has 0 aromatic carbocycles. The third-order valence-corrected chi connectivity index (χ3v) is 7.32. The van der Waals surface area contributed by atoms with E-state index >= 15 is 0 Å². The Balaban J connectivity index is 1.47. The number of rotatable bonds is 3. The lowest BCUT2D eigenvalue weighted by Crippen LogP contribution is -2.41. The molecule has 0 amide bonds. The van der Waals surface area contributed by atoms with E-state index in [-0.39, 0.29) is 11.0 Å². The summed E-state index contributed by atoms with van der Waals surface area (Å²) in [5.74, 6) is 1.43. The van der Waals surface area contributed by atoms with Gasteiger partial charge >= 0.3 is 0 Å². The number of nitrogen functional groups attached to an aromatic ring is 2. The summed E-state index contributed by atoms with van der Waals surface area (Å²) in [4.78, 5) is 15.9. The van der Waals surface area contributed by atoms with Crippen molar-refractivity contribution in [2.75, 3.05) is 36.1 Å². The zero-order chi connectivity index (χ0) is 19.9. The van der Waals surface area contributed by atoms with Gasteiger partial charge in [0, 0.05) is 18.0 Å². The Morgan fingerprint density at radius 3 is 2.64 bits per heavy atom. The number of piperidine rings is 1. The largest absolute Gasteiger partial charge is 0.384 e. The van der Waals surface area contributed by atoms with Gasteiger partial charge in [-0.1, -0.05) is 35.0 Å². The SMILES string of the molecule is C[C@H]1CC2(CCN(c3cnc(Sc4cc(N)nc(Cl)c4Cl)c(N)n3)CC2)CO1. The zero-order valence-corrected chi connectivity index (χ0v) is 17.8. The van der Waals surface area contributed by atoms with Crippen LogP contribution in [0.15, 0.2) is 22.2 Å². The van der Waals surface area contributed by atoms with E-state index in [4.69, 9.17) is 39.4 Å². The second-order valence-electron chi connectivity index (χ2n) is 7.48. The van der Waals surface area contributed by atoms with E-state index in [1.807, 2.05) is 0 Å². The number of halogens is 2. The van der Waals surface area contributed by atoms with Crippen molar-refractivity contribution in [1.82, 2.24) is 15.0 Å². The van der Waals surface area contributed by atoms with E-state index in [1.54, 1.807) is 12.3 Å². The Labute approximate surface area is 178 Å². The highest BCUT2D eigenvalue weighted by Crippen LogP contribution is 2.43. The molecule has 2 aromatic rings. The van der Waals surface area contributed by atoms with Crippen molar-refractivity contribution in [2.45, 2.75) is 42.2 Å².